The molecule has 1 heterocycles. The van der Waals surface area contributed by atoms with E-state index in [1.807, 2.05) is 54.6 Å². The number of halogens is 1. The zero-order valence-electron chi connectivity index (χ0n) is 16.2. The van der Waals surface area contributed by atoms with Crippen LogP contribution >= 0.6 is 11.6 Å². The maximum Gasteiger partial charge on any atom is 0.251 e. The fraction of sp³-hybridized carbons (Fsp3) is 0.174. The Balaban J connectivity index is 1.56. The molecule has 1 N–H and O–H groups in total. The average molecular weight is 441 g/mol. The predicted octanol–water partition coefficient (Wildman–Crippen LogP) is 4.02. The highest BCUT2D eigenvalue weighted by molar-refractivity contribution is 7.89. The van der Waals surface area contributed by atoms with Gasteiger partial charge in [0, 0.05) is 25.2 Å². The highest BCUT2D eigenvalue weighted by Crippen LogP contribution is 2.29. The van der Waals surface area contributed by atoms with Crippen molar-refractivity contribution < 1.29 is 13.2 Å². The quantitative estimate of drug-likeness (QED) is 0.651. The van der Waals surface area contributed by atoms with E-state index in [1.54, 1.807) is 0 Å². The summed E-state index contributed by atoms with van der Waals surface area (Å²) in [6.07, 6.45) is 0.643. The Kier molecular flexibility index (Phi) is 5.90. The number of carbonyl (C=O) groups excluding carboxylic acids is 1. The summed E-state index contributed by atoms with van der Waals surface area (Å²) in [5.74, 6) is -0.351. The van der Waals surface area contributed by atoms with Crippen molar-refractivity contribution in [2.24, 2.45) is 0 Å². The SMILES string of the molecule is O=C(NCc1ccccc1)c1ccc(Cl)c(S(=O)(=O)N2CCc3ccccc3C2)c1. The normalized spacial score (nSPS) is 14.2. The molecule has 0 saturated heterocycles. The molecular weight excluding hydrogens is 420 g/mol. The van der Waals surface area contributed by atoms with E-state index >= 15 is 0 Å². The summed E-state index contributed by atoms with van der Waals surface area (Å²) >= 11 is 6.24. The molecule has 5 nitrogen and oxygen atoms in total. The van der Waals surface area contributed by atoms with Gasteiger partial charge in [0.2, 0.25) is 10.0 Å². The molecule has 30 heavy (non-hydrogen) atoms. The van der Waals surface area contributed by atoms with Crippen LogP contribution in [0.5, 0.6) is 0 Å². The summed E-state index contributed by atoms with van der Waals surface area (Å²) in [5, 5.41) is 2.92. The summed E-state index contributed by atoms with van der Waals surface area (Å²) in [6, 6.07) is 21.7. The smallest absolute Gasteiger partial charge is 0.251 e. The van der Waals surface area contributed by atoms with Crippen molar-refractivity contribution in [1.82, 2.24) is 9.62 Å². The lowest BCUT2D eigenvalue weighted by molar-refractivity contribution is 0.0950. The minimum Gasteiger partial charge on any atom is -0.348 e. The fourth-order valence-corrected chi connectivity index (χ4v) is 5.46. The first-order valence-corrected chi connectivity index (χ1v) is 11.5. The van der Waals surface area contributed by atoms with Crippen LogP contribution in [-0.4, -0.2) is 25.2 Å². The molecule has 0 atom stereocenters. The second-order valence-corrected chi connectivity index (χ2v) is 9.48. The first kappa shape index (κ1) is 20.6. The Hall–Kier alpha value is -2.67. The van der Waals surface area contributed by atoms with Crippen molar-refractivity contribution >= 4 is 27.5 Å². The molecule has 7 heteroatoms. The Morgan fingerprint density at radius 3 is 2.43 bits per heavy atom. The standard InChI is InChI=1S/C23H21ClN2O3S/c24-21-11-10-19(23(27)25-15-17-6-2-1-3-7-17)14-22(21)30(28,29)26-13-12-18-8-4-5-9-20(18)16-26/h1-11,14H,12-13,15-16H2,(H,25,27). The Morgan fingerprint density at radius 2 is 1.67 bits per heavy atom. The van der Waals surface area contributed by atoms with Crippen LogP contribution in [0.3, 0.4) is 0 Å². The molecule has 0 unspecified atom stereocenters. The zero-order chi connectivity index (χ0) is 21.1. The zero-order valence-corrected chi connectivity index (χ0v) is 17.8. The van der Waals surface area contributed by atoms with Crippen LogP contribution in [0.2, 0.25) is 5.02 Å². The Labute approximate surface area is 181 Å². The van der Waals surface area contributed by atoms with Crippen LogP contribution in [0, 0.1) is 0 Å². The number of amides is 1. The van der Waals surface area contributed by atoms with Crippen molar-refractivity contribution in [1.29, 1.82) is 0 Å². The molecule has 154 valence electrons. The number of carbonyl (C=O) groups is 1. The van der Waals surface area contributed by atoms with Crippen LogP contribution in [0.15, 0.2) is 77.7 Å². The van der Waals surface area contributed by atoms with Crippen molar-refractivity contribution in [3.8, 4) is 0 Å². The largest absolute Gasteiger partial charge is 0.348 e. The van der Waals surface area contributed by atoms with Gasteiger partial charge in [-0.25, -0.2) is 8.42 Å². The molecule has 0 radical (unpaired) electrons. The number of hydrogen-bond acceptors (Lipinski definition) is 3. The van der Waals surface area contributed by atoms with E-state index < -0.39 is 10.0 Å². The third-order valence-electron chi connectivity index (χ3n) is 5.20. The van der Waals surface area contributed by atoms with E-state index in [0.717, 1.165) is 16.7 Å². The van der Waals surface area contributed by atoms with Gasteiger partial charge in [-0.3, -0.25) is 4.79 Å². The fourth-order valence-electron chi connectivity index (χ4n) is 3.54. The minimum atomic E-state index is -3.84. The van der Waals surface area contributed by atoms with Crippen molar-refractivity contribution in [2.45, 2.75) is 24.4 Å². The third-order valence-corrected chi connectivity index (χ3v) is 7.53. The van der Waals surface area contributed by atoms with Gasteiger partial charge in [-0.2, -0.15) is 4.31 Å². The van der Waals surface area contributed by atoms with Crippen molar-refractivity contribution in [2.75, 3.05) is 6.54 Å². The molecule has 0 bridgehead atoms. The Morgan fingerprint density at radius 1 is 0.967 bits per heavy atom. The van der Waals surface area contributed by atoms with Gasteiger partial charge < -0.3 is 5.32 Å². The van der Waals surface area contributed by atoms with Gasteiger partial charge in [0.05, 0.1) is 5.02 Å². The number of rotatable bonds is 5. The lowest BCUT2D eigenvalue weighted by Crippen LogP contribution is -2.36. The molecular formula is C23H21ClN2O3S. The Bertz CT molecular complexity index is 1180. The monoisotopic (exact) mass is 440 g/mol. The van der Waals surface area contributed by atoms with E-state index in [0.29, 0.717) is 26.1 Å². The number of sulfonamides is 1. The molecule has 0 aliphatic carbocycles. The summed E-state index contributed by atoms with van der Waals surface area (Å²) in [5.41, 5.74) is 3.36. The minimum absolute atomic E-state index is 0.0455. The highest BCUT2D eigenvalue weighted by Gasteiger charge is 2.30. The third kappa shape index (κ3) is 4.26. The summed E-state index contributed by atoms with van der Waals surface area (Å²) in [4.78, 5) is 12.5. The molecule has 0 spiro atoms. The molecule has 1 aliphatic heterocycles. The molecule has 1 amide bonds. The number of nitrogens with one attached hydrogen (secondary N) is 1. The van der Waals surface area contributed by atoms with Crippen LogP contribution in [0.4, 0.5) is 0 Å². The van der Waals surface area contributed by atoms with Gasteiger partial charge in [-0.1, -0.05) is 66.2 Å². The van der Waals surface area contributed by atoms with Gasteiger partial charge in [0.25, 0.3) is 5.91 Å². The van der Waals surface area contributed by atoms with E-state index in [-0.39, 0.29) is 21.4 Å². The summed E-state index contributed by atoms with van der Waals surface area (Å²) < 4.78 is 28.0. The van der Waals surface area contributed by atoms with Crippen molar-refractivity contribution in [3.63, 3.8) is 0 Å². The number of fused-ring (bicyclic) bond motifs is 1. The van der Waals surface area contributed by atoms with E-state index in [2.05, 4.69) is 5.32 Å². The van der Waals surface area contributed by atoms with Crippen LogP contribution < -0.4 is 5.32 Å². The summed E-state index contributed by atoms with van der Waals surface area (Å²) in [6.45, 7) is 1.02. The van der Waals surface area contributed by atoms with E-state index in [9.17, 15) is 13.2 Å². The molecule has 1 aliphatic rings. The average Bonchev–Trinajstić information content (AvgIpc) is 2.78. The number of hydrogen-bond donors (Lipinski definition) is 1. The molecule has 0 fully saturated rings. The first-order valence-electron chi connectivity index (χ1n) is 9.64. The van der Waals surface area contributed by atoms with E-state index in [4.69, 9.17) is 11.6 Å². The first-order chi connectivity index (χ1) is 14.4. The van der Waals surface area contributed by atoms with Crippen LogP contribution in [0.25, 0.3) is 0 Å². The number of nitrogens with zero attached hydrogens (tertiary/aromatic N) is 1. The molecule has 3 aromatic rings. The maximum absolute atomic E-state index is 13.3. The lowest BCUT2D eigenvalue weighted by atomic mass is 10.0. The second-order valence-electron chi connectivity index (χ2n) is 7.17. The lowest BCUT2D eigenvalue weighted by Gasteiger charge is -2.28. The van der Waals surface area contributed by atoms with Gasteiger partial charge in [0.15, 0.2) is 0 Å². The van der Waals surface area contributed by atoms with Crippen molar-refractivity contribution in [3.05, 3.63) is 100 Å². The molecule has 0 saturated carbocycles. The molecule has 0 aromatic heterocycles. The molecule has 3 aromatic carbocycles. The summed E-state index contributed by atoms with van der Waals surface area (Å²) in [7, 11) is -3.84. The van der Waals surface area contributed by atoms with Crippen LogP contribution in [0.1, 0.15) is 27.0 Å². The maximum atomic E-state index is 13.3. The van der Waals surface area contributed by atoms with Gasteiger partial charge in [-0.15, -0.1) is 0 Å². The predicted molar refractivity (Wildman–Crippen MR) is 117 cm³/mol. The molecule has 4 rings (SSSR count). The topological polar surface area (TPSA) is 66.5 Å². The van der Waals surface area contributed by atoms with Gasteiger partial charge in [0.1, 0.15) is 4.90 Å². The van der Waals surface area contributed by atoms with Gasteiger partial charge >= 0.3 is 0 Å². The van der Waals surface area contributed by atoms with Crippen LogP contribution in [-0.2, 0) is 29.5 Å². The van der Waals surface area contributed by atoms with Gasteiger partial charge in [-0.05, 0) is 41.3 Å². The highest BCUT2D eigenvalue weighted by atomic mass is 35.5. The van der Waals surface area contributed by atoms with E-state index in [1.165, 1.54) is 22.5 Å². The second kappa shape index (κ2) is 8.60. The number of benzene rings is 3.